The third-order valence-electron chi connectivity index (χ3n) is 6.46. The largest absolute Gasteiger partial charge is 0.294 e. The van der Waals surface area contributed by atoms with Gasteiger partial charge < -0.3 is 0 Å². The summed E-state index contributed by atoms with van der Waals surface area (Å²) in [5.74, 6) is -0.332. The summed E-state index contributed by atoms with van der Waals surface area (Å²) >= 11 is 0. The van der Waals surface area contributed by atoms with Crippen molar-refractivity contribution in [2.24, 2.45) is 0 Å². The van der Waals surface area contributed by atoms with Crippen molar-refractivity contribution in [1.29, 1.82) is 0 Å². The standard InChI is InChI=1S/C28H36O6S2/c1-23-18-19-26(36(32,33)34)22-27(23)28(3,20-12-13-21-35(29,30)31)24(2)14-8-7-11-17-25-15-9-5-4-6-10-16-25/h4-6,8-10,15-16,18-19,22H,7,11-13,17,20-21H2,1-3H3,(H,29,30,31)(H,32,33,34)/b5-4-,6-4?,9-5?,10-6-,15-9-,16-10?,25-15?,25-16+. The predicted octanol–water partition coefficient (Wildman–Crippen LogP) is 6.44. The maximum Gasteiger partial charge on any atom is 0.294 e. The van der Waals surface area contributed by atoms with Crippen molar-refractivity contribution in [2.75, 3.05) is 5.75 Å². The average molecular weight is 533 g/mol. The van der Waals surface area contributed by atoms with E-state index in [4.69, 9.17) is 4.55 Å². The van der Waals surface area contributed by atoms with Crippen LogP contribution < -0.4 is 0 Å². The van der Waals surface area contributed by atoms with Crippen LogP contribution in [0.4, 0.5) is 0 Å². The van der Waals surface area contributed by atoms with Gasteiger partial charge in [-0.05, 0) is 86.4 Å². The van der Waals surface area contributed by atoms with Crippen molar-refractivity contribution in [3.8, 4) is 0 Å². The second-order valence-electron chi connectivity index (χ2n) is 9.26. The Bertz CT molecular complexity index is 1320. The lowest BCUT2D eigenvalue weighted by atomic mass is 9.71. The summed E-state index contributed by atoms with van der Waals surface area (Å²) in [5, 5.41) is 0. The number of rotatable bonds is 12. The predicted molar refractivity (Wildman–Crippen MR) is 145 cm³/mol. The maximum absolute atomic E-state index is 11.8. The fraction of sp³-hybridized carbons (Fsp3) is 0.393. The van der Waals surface area contributed by atoms with Crippen LogP contribution in [0.5, 0.6) is 0 Å². The lowest BCUT2D eigenvalue weighted by Gasteiger charge is -2.32. The molecule has 2 N–H and O–H groups in total. The molecule has 8 heteroatoms. The van der Waals surface area contributed by atoms with Gasteiger partial charge in [0, 0.05) is 5.41 Å². The van der Waals surface area contributed by atoms with Crippen LogP contribution in [0.3, 0.4) is 0 Å². The number of allylic oxidation sites excluding steroid dienone is 9. The Morgan fingerprint density at radius 3 is 2.39 bits per heavy atom. The molecule has 0 radical (unpaired) electrons. The van der Waals surface area contributed by atoms with Crippen LogP contribution in [0.2, 0.25) is 0 Å². The smallest absolute Gasteiger partial charge is 0.286 e. The Kier molecular flexibility index (Phi) is 10.9. The van der Waals surface area contributed by atoms with Crippen molar-refractivity contribution >= 4 is 20.2 Å². The van der Waals surface area contributed by atoms with Crippen LogP contribution in [0.25, 0.3) is 0 Å². The van der Waals surface area contributed by atoms with E-state index >= 15 is 0 Å². The molecule has 1 aliphatic rings. The van der Waals surface area contributed by atoms with Crippen molar-refractivity contribution in [3.05, 3.63) is 94.8 Å². The number of unbranched alkanes of at least 4 members (excludes halogenated alkanes) is 2. The van der Waals surface area contributed by atoms with Gasteiger partial charge in [0.25, 0.3) is 20.2 Å². The average Bonchev–Trinajstić information content (AvgIpc) is 2.76. The summed E-state index contributed by atoms with van der Waals surface area (Å²) in [6, 6.07) is 4.51. The first-order chi connectivity index (χ1) is 16.8. The van der Waals surface area contributed by atoms with Gasteiger partial charge in [-0.2, -0.15) is 16.8 Å². The Balaban J connectivity index is 2.28. The van der Waals surface area contributed by atoms with Crippen LogP contribution in [-0.2, 0) is 25.7 Å². The molecule has 0 saturated carbocycles. The van der Waals surface area contributed by atoms with Gasteiger partial charge in [-0.25, -0.2) is 0 Å². The minimum atomic E-state index is -4.38. The van der Waals surface area contributed by atoms with E-state index in [0.29, 0.717) is 12.8 Å². The number of aryl methyl sites for hydroxylation is 1. The van der Waals surface area contributed by atoms with Gasteiger partial charge in [0.1, 0.15) is 0 Å². The highest BCUT2D eigenvalue weighted by Gasteiger charge is 2.31. The van der Waals surface area contributed by atoms with Crippen LogP contribution in [-0.4, -0.2) is 31.7 Å². The molecule has 0 heterocycles. The monoisotopic (exact) mass is 532 g/mol. The molecule has 36 heavy (non-hydrogen) atoms. The summed E-state index contributed by atoms with van der Waals surface area (Å²) in [6.45, 7) is 5.77. The Morgan fingerprint density at radius 1 is 1.00 bits per heavy atom. The van der Waals surface area contributed by atoms with Crippen LogP contribution in [0, 0.1) is 6.92 Å². The van der Waals surface area contributed by atoms with E-state index in [-0.39, 0.29) is 17.1 Å². The van der Waals surface area contributed by atoms with Crippen LogP contribution in [0.1, 0.15) is 63.5 Å². The molecule has 0 aliphatic heterocycles. The highest BCUT2D eigenvalue weighted by atomic mass is 32.2. The third-order valence-corrected chi connectivity index (χ3v) is 8.11. The number of hydrogen-bond donors (Lipinski definition) is 2. The van der Waals surface area contributed by atoms with E-state index in [1.54, 1.807) is 6.07 Å². The molecule has 1 aromatic rings. The normalized spacial score (nSPS) is 19.5. The lowest BCUT2D eigenvalue weighted by Crippen LogP contribution is -2.25. The fourth-order valence-corrected chi connectivity index (χ4v) is 5.28. The molecule has 1 unspecified atom stereocenters. The number of hydrogen-bond acceptors (Lipinski definition) is 4. The fourth-order valence-electron chi connectivity index (χ4n) is 4.21. The highest BCUT2D eigenvalue weighted by Crippen LogP contribution is 2.39. The van der Waals surface area contributed by atoms with E-state index < -0.39 is 25.7 Å². The summed E-state index contributed by atoms with van der Waals surface area (Å²) in [4.78, 5) is -0.187. The van der Waals surface area contributed by atoms with Gasteiger partial charge in [0.2, 0.25) is 0 Å². The van der Waals surface area contributed by atoms with Crippen molar-refractivity contribution in [1.82, 2.24) is 0 Å². The Labute approximate surface area is 216 Å². The second kappa shape index (κ2) is 13.2. The summed E-state index contributed by atoms with van der Waals surface area (Å²) in [6.07, 6.45) is 20.1. The van der Waals surface area contributed by atoms with Gasteiger partial charge in [-0.3, -0.25) is 9.11 Å². The van der Waals surface area contributed by atoms with Gasteiger partial charge in [0.15, 0.2) is 0 Å². The first-order valence-electron chi connectivity index (χ1n) is 12.0. The molecule has 0 amide bonds. The SMILES string of the molecule is CC(=C=CCCCC1=C/C=C\C=C/C=C\1)C(C)(CCCCS(=O)(=O)O)c1cc(S(=O)(=O)O)ccc1C. The topological polar surface area (TPSA) is 109 Å². The summed E-state index contributed by atoms with van der Waals surface area (Å²) in [5.41, 5.74) is 6.42. The molecule has 0 aromatic heterocycles. The Morgan fingerprint density at radius 2 is 1.69 bits per heavy atom. The molecule has 0 spiro atoms. The van der Waals surface area contributed by atoms with Crippen molar-refractivity contribution in [2.45, 2.75) is 69.6 Å². The van der Waals surface area contributed by atoms with E-state index in [1.807, 2.05) is 57.2 Å². The van der Waals surface area contributed by atoms with E-state index in [1.165, 1.54) is 17.7 Å². The molecule has 196 valence electrons. The van der Waals surface area contributed by atoms with E-state index in [2.05, 4.69) is 17.9 Å². The van der Waals surface area contributed by atoms with Gasteiger partial charge in [0.05, 0.1) is 10.6 Å². The molecule has 0 saturated heterocycles. The lowest BCUT2D eigenvalue weighted by molar-refractivity contribution is 0.460. The quantitative estimate of drug-likeness (QED) is 0.182. The van der Waals surface area contributed by atoms with Crippen molar-refractivity contribution in [3.63, 3.8) is 0 Å². The van der Waals surface area contributed by atoms with Crippen LogP contribution >= 0.6 is 0 Å². The minimum Gasteiger partial charge on any atom is -0.286 e. The molecule has 0 bridgehead atoms. The summed E-state index contributed by atoms with van der Waals surface area (Å²) in [7, 11) is -8.44. The zero-order valence-electron chi connectivity index (χ0n) is 21.1. The second-order valence-corrected chi connectivity index (χ2v) is 12.3. The highest BCUT2D eigenvalue weighted by molar-refractivity contribution is 7.86. The third kappa shape index (κ3) is 9.52. The number of benzene rings is 1. The Hall–Kier alpha value is -2.48. The molecule has 6 nitrogen and oxygen atoms in total. The van der Waals surface area contributed by atoms with E-state index in [0.717, 1.165) is 36.0 Å². The van der Waals surface area contributed by atoms with Gasteiger partial charge in [-0.1, -0.05) is 61.9 Å². The first-order valence-corrected chi connectivity index (χ1v) is 15.0. The maximum atomic E-state index is 11.8. The van der Waals surface area contributed by atoms with Gasteiger partial charge >= 0.3 is 0 Å². The zero-order chi connectivity index (χ0) is 26.8. The van der Waals surface area contributed by atoms with E-state index in [9.17, 15) is 21.4 Å². The molecular weight excluding hydrogens is 496 g/mol. The minimum absolute atomic E-state index is 0.187. The summed E-state index contributed by atoms with van der Waals surface area (Å²) < 4.78 is 64.5. The molecule has 1 aromatic carbocycles. The van der Waals surface area contributed by atoms with Crippen molar-refractivity contribution < 1.29 is 25.9 Å². The first kappa shape index (κ1) is 29.7. The molecular formula is C28H36O6S2. The zero-order valence-corrected chi connectivity index (χ0v) is 22.8. The molecule has 1 atom stereocenters. The molecule has 1 aliphatic carbocycles. The van der Waals surface area contributed by atoms with Gasteiger partial charge in [-0.15, -0.1) is 5.73 Å². The molecule has 0 fully saturated rings. The van der Waals surface area contributed by atoms with Crippen LogP contribution in [0.15, 0.2) is 88.6 Å². The molecule has 2 rings (SSSR count).